The first kappa shape index (κ1) is 23.7. The van der Waals surface area contributed by atoms with Crippen molar-refractivity contribution in [1.82, 2.24) is 20.4 Å². The van der Waals surface area contributed by atoms with Gasteiger partial charge in [-0.05, 0) is 41.8 Å². The smallest absolute Gasteiger partial charge is 0.315 e. The fourth-order valence-corrected chi connectivity index (χ4v) is 4.45. The quantitative estimate of drug-likeness (QED) is 0.617. The average Bonchev–Trinajstić information content (AvgIpc) is 2.84. The number of halogens is 1. The summed E-state index contributed by atoms with van der Waals surface area (Å²) < 4.78 is 11.1. The van der Waals surface area contributed by atoms with Crippen LogP contribution in [0, 0.1) is 0 Å². The Balaban J connectivity index is 1.16. The van der Waals surface area contributed by atoms with Crippen LogP contribution in [-0.4, -0.2) is 68.3 Å². The molecule has 8 heteroatoms. The highest BCUT2D eigenvalue weighted by atomic mass is 35.5. The number of nitrogens with zero attached hydrogens (tertiary/aromatic N) is 2. The molecule has 2 aromatic carbocycles. The van der Waals surface area contributed by atoms with Gasteiger partial charge in [-0.25, -0.2) is 4.79 Å². The minimum absolute atomic E-state index is 0.184. The lowest BCUT2D eigenvalue weighted by molar-refractivity contribution is 0.132. The van der Waals surface area contributed by atoms with Crippen molar-refractivity contribution < 1.29 is 14.3 Å². The monoisotopic (exact) mass is 472 g/mol. The Hall–Kier alpha value is -2.48. The summed E-state index contributed by atoms with van der Waals surface area (Å²) in [5.41, 5.74) is 3.39. The van der Waals surface area contributed by atoms with Crippen molar-refractivity contribution in [2.24, 2.45) is 0 Å². The van der Waals surface area contributed by atoms with Crippen molar-refractivity contribution in [3.63, 3.8) is 0 Å². The third kappa shape index (κ3) is 6.76. The van der Waals surface area contributed by atoms with Crippen LogP contribution >= 0.6 is 11.6 Å². The standard InChI is InChI=1S/C25H33ClN4O3/c1-2-29-9-11-30(12-10-29)18-20-5-3-19(4-6-20)17-28-25(31)27-8-7-21-15-22(26)24-23(16-21)32-13-14-33-24/h3-6,15-16H,2,7-14,17-18H2,1H3,(H2,27,28,31). The van der Waals surface area contributed by atoms with Gasteiger partial charge in [0.05, 0.1) is 5.02 Å². The number of rotatable bonds is 8. The number of ether oxygens (including phenoxy) is 2. The summed E-state index contributed by atoms with van der Waals surface area (Å²) in [6.45, 7) is 10.9. The number of carbonyl (C=O) groups is 1. The lowest BCUT2D eigenvalue weighted by atomic mass is 10.1. The highest BCUT2D eigenvalue weighted by Crippen LogP contribution is 2.38. The van der Waals surface area contributed by atoms with E-state index in [0.717, 1.165) is 50.4 Å². The fourth-order valence-electron chi connectivity index (χ4n) is 4.16. The summed E-state index contributed by atoms with van der Waals surface area (Å²) in [5, 5.41) is 6.36. The van der Waals surface area contributed by atoms with E-state index in [1.54, 1.807) is 0 Å². The first-order valence-corrected chi connectivity index (χ1v) is 12.1. The number of hydrogen-bond acceptors (Lipinski definition) is 5. The summed E-state index contributed by atoms with van der Waals surface area (Å²) in [6.07, 6.45) is 0.658. The molecular formula is C25H33ClN4O3. The largest absolute Gasteiger partial charge is 0.486 e. The molecule has 2 aliphatic rings. The molecule has 0 aliphatic carbocycles. The van der Waals surface area contributed by atoms with Gasteiger partial charge < -0.3 is 25.0 Å². The number of piperazine rings is 1. The number of benzene rings is 2. The number of carbonyl (C=O) groups excluding carboxylic acids is 1. The Morgan fingerprint density at radius 2 is 1.64 bits per heavy atom. The Bertz CT molecular complexity index is 930. The molecular weight excluding hydrogens is 440 g/mol. The van der Waals surface area contributed by atoms with Gasteiger partial charge in [0.2, 0.25) is 0 Å². The zero-order chi connectivity index (χ0) is 23.0. The molecule has 0 radical (unpaired) electrons. The summed E-state index contributed by atoms with van der Waals surface area (Å²) in [7, 11) is 0. The predicted octanol–water partition coefficient (Wildman–Crippen LogP) is 3.29. The van der Waals surface area contributed by atoms with E-state index >= 15 is 0 Å². The van der Waals surface area contributed by atoms with Gasteiger partial charge in [0.1, 0.15) is 13.2 Å². The lowest BCUT2D eigenvalue weighted by Gasteiger charge is -2.34. The number of fused-ring (bicyclic) bond motifs is 1. The molecule has 1 fully saturated rings. The van der Waals surface area contributed by atoms with Crippen molar-refractivity contribution in [2.75, 3.05) is 52.5 Å². The van der Waals surface area contributed by atoms with E-state index in [-0.39, 0.29) is 6.03 Å². The van der Waals surface area contributed by atoms with E-state index in [9.17, 15) is 4.79 Å². The van der Waals surface area contributed by atoms with Crippen LogP contribution in [0.25, 0.3) is 0 Å². The molecule has 0 atom stereocenters. The molecule has 0 unspecified atom stereocenters. The average molecular weight is 473 g/mol. The zero-order valence-electron chi connectivity index (χ0n) is 19.2. The molecule has 178 valence electrons. The summed E-state index contributed by atoms with van der Waals surface area (Å²) in [5.74, 6) is 1.27. The summed E-state index contributed by atoms with van der Waals surface area (Å²) in [4.78, 5) is 17.2. The highest BCUT2D eigenvalue weighted by molar-refractivity contribution is 6.32. The number of likely N-dealkylation sites (N-methyl/N-ethyl adjacent to an activating group) is 1. The molecule has 33 heavy (non-hydrogen) atoms. The predicted molar refractivity (Wildman–Crippen MR) is 130 cm³/mol. The van der Waals surface area contributed by atoms with E-state index in [1.807, 2.05) is 12.1 Å². The number of urea groups is 1. The molecule has 0 bridgehead atoms. The number of nitrogens with one attached hydrogen (secondary N) is 2. The van der Waals surface area contributed by atoms with Gasteiger partial charge in [0.25, 0.3) is 0 Å². The van der Waals surface area contributed by atoms with Gasteiger partial charge in [-0.15, -0.1) is 0 Å². The van der Waals surface area contributed by atoms with Crippen LogP contribution in [-0.2, 0) is 19.5 Å². The molecule has 2 amide bonds. The fraction of sp³-hybridized carbons (Fsp3) is 0.480. The molecule has 4 rings (SSSR count). The summed E-state index contributed by atoms with van der Waals surface area (Å²) in [6, 6.07) is 12.1. The van der Waals surface area contributed by atoms with E-state index in [2.05, 4.69) is 51.6 Å². The van der Waals surface area contributed by atoms with Crippen molar-refractivity contribution in [1.29, 1.82) is 0 Å². The van der Waals surface area contributed by atoms with Gasteiger partial charge in [-0.3, -0.25) is 4.90 Å². The molecule has 2 aromatic rings. The Labute approximate surface area is 201 Å². The van der Waals surface area contributed by atoms with Gasteiger partial charge in [0, 0.05) is 45.8 Å². The van der Waals surface area contributed by atoms with Crippen LogP contribution in [0.4, 0.5) is 4.79 Å². The molecule has 2 N–H and O–H groups in total. The van der Waals surface area contributed by atoms with Gasteiger partial charge >= 0.3 is 6.03 Å². The van der Waals surface area contributed by atoms with Crippen LogP contribution < -0.4 is 20.1 Å². The Morgan fingerprint density at radius 3 is 2.39 bits per heavy atom. The molecule has 7 nitrogen and oxygen atoms in total. The SMILES string of the molecule is CCN1CCN(Cc2ccc(CNC(=O)NCCc3cc(Cl)c4c(c3)OCCO4)cc2)CC1. The number of amides is 2. The van der Waals surface area contributed by atoms with E-state index in [1.165, 1.54) is 5.56 Å². The molecule has 2 heterocycles. The van der Waals surface area contributed by atoms with Crippen molar-refractivity contribution in [2.45, 2.75) is 26.4 Å². The summed E-state index contributed by atoms with van der Waals surface area (Å²) >= 11 is 6.27. The zero-order valence-corrected chi connectivity index (χ0v) is 20.0. The van der Waals surface area contributed by atoms with E-state index in [0.29, 0.717) is 49.2 Å². The van der Waals surface area contributed by atoms with Crippen molar-refractivity contribution in [3.8, 4) is 11.5 Å². The second-order valence-corrected chi connectivity index (χ2v) is 8.90. The van der Waals surface area contributed by atoms with Crippen LogP contribution in [0.2, 0.25) is 5.02 Å². The first-order valence-electron chi connectivity index (χ1n) is 11.7. The molecule has 0 aromatic heterocycles. The second-order valence-electron chi connectivity index (χ2n) is 8.49. The van der Waals surface area contributed by atoms with Crippen LogP contribution in [0.15, 0.2) is 36.4 Å². The molecule has 0 spiro atoms. The van der Waals surface area contributed by atoms with Gasteiger partial charge in [-0.1, -0.05) is 42.8 Å². The Morgan fingerprint density at radius 1 is 0.939 bits per heavy atom. The van der Waals surface area contributed by atoms with Gasteiger partial charge in [-0.2, -0.15) is 0 Å². The highest BCUT2D eigenvalue weighted by Gasteiger charge is 2.17. The van der Waals surface area contributed by atoms with Crippen LogP contribution in [0.3, 0.4) is 0 Å². The molecule has 2 aliphatic heterocycles. The normalized spacial score (nSPS) is 16.4. The maximum Gasteiger partial charge on any atom is 0.315 e. The molecule has 1 saturated heterocycles. The lowest BCUT2D eigenvalue weighted by Crippen LogP contribution is -2.45. The second kappa shape index (κ2) is 11.6. The van der Waals surface area contributed by atoms with Crippen LogP contribution in [0.5, 0.6) is 11.5 Å². The minimum Gasteiger partial charge on any atom is -0.486 e. The molecule has 0 saturated carbocycles. The van der Waals surface area contributed by atoms with E-state index < -0.39 is 0 Å². The van der Waals surface area contributed by atoms with Crippen molar-refractivity contribution >= 4 is 17.6 Å². The first-order chi connectivity index (χ1) is 16.1. The van der Waals surface area contributed by atoms with Gasteiger partial charge in [0.15, 0.2) is 11.5 Å². The third-order valence-electron chi connectivity index (χ3n) is 6.15. The van der Waals surface area contributed by atoms with Crippen LogP contribution in [0.1, 0.15) is 23.6 Å². The maximum atomic E-state index is 12.2. The van der Waals surface area contributed by atoms with E-state index in [4.69, 9.17) is 21.1 Å². The number of hydrogen-bond donors (Lipinski definition) is 2. The maximum absolute atomic E-state index is 12.2. The Kier molecular flexibility index (Phi) is 8.31. The topological polar surface area (TPSA) is 66.1 Å². The van der Waals surface area contributed by atoms with Crippen molar-refractivity contribution in [3.05, 3.63) is 58.1 Å². The minimum atomic E-state index is -0.184. The third-order valence-corrected chi connectivity index (χ3v) is 6.43.